The molecule has 0 spiro atoms. The molecule has 126 valence electrons. The molecule has 1 saturated heterocycles. The van der Waals surface area contributed by atoms with Gasteiger partial charge in [-0.15, -0.1) is 0 Å². The highest BCUT2D eigenvalue weighted by Gasteiger charge is 2.28. The largest absolute Gasteiger partial charge is 0.370 e. The lowest BCUT2D eigenvalue weighted by Crippen LogP contribution is -2.42. The van der Waals surface area contributed by atoms with E-state index in [1.54, 1.807) is 23.1 Å². The minimum Gasteiger partial charge on any atom is -0.370 e. The van der Waals surface area contributed by atoms with Crippen LogP contribution in [0.2, 0.25) is 0 Å². The number of hydrogen-bond donors (Lipinski definition) is 0. The van der Waals surface area contributed by atoms with Gasteiger partial charge in [0.25, 0.3) is 5.91 Å². The van der Waals surface area contributed by atoms with Gasteiger partial charge >= 0.3 is 0 Å². The molecule has 0 saturated carbocycles. The number of nitrogens with zero attached hydrogens (tertiary/aromatic N) is 1. The fourth-order valence-corrected chi connectivity index (χ4v) is 3.72. The van der Waals surface area contributed by atoms with Crippen LogP contribution in [-0.2, 0) is 14.6 Å². The quantitative estimate of drug-likeness (QED) is 0.856. The summed E-state index contributed by atoms with van der Waals surface area (Å²) in [5, 5.41) is 0. The molecular formula is C18H19NO4S. The molecule has 2 aromatic carbocycles. The smallest absolute Gasteiger partial charge is 0.255 e. The molecule has 0 N–H and O–H groups in total. The first-order valence-corrected chi connectivity index (χ1v) is 9.61. The van der Waals surface area contributed by atoms with Gasteiger partial charge in [0.1, 0.15) is 6.10 Å². The molecule has 6 heteroatoms. The van der Waals surface area contributed by atoms with Crippen molar-refractivity contribution >= 4 is 15.7 Å². The fourth-order valence-electron chi connectivity index (χ4n) is 2.84. The van der Waals surface area contributed by atoms with Gasteiger partial charge in [-0.3, -0.25) is 4.79 Å². The second-order valence-electron chi connectivity index (χ2n) is 5.79. The lowest BCUT2D eigenvalue weighted by Gasteiger charge is -2.33. The van der Waals surface area contributed by atoms with Gasteiger partial charge in [0.05, 0.1) is 23.6 Å². The van der Waals surface area contributed by atoms with Gasteiger partial charge in [0.2, 0.25) is 0 Å². The van der Waals surface area contributed by atoms with Crippen LogP contribution in [0, 0.1) is 0 Å². The molecule has 2 aromatic rings. The molecule has 0 aromatic heterocycles. The Morgan fingerprint density at radius 2 is 1.75 bits per heavy atom. The Bertz CT molecular complexity index is 833. The van der Waals surface area contributed by atoms with Crippen LogP contribution in [0.15, 0.2) is 59.5 Å². The minimum atomic E-state index is -3.46. The Hall–Kier alpha value is -2.18. The van der Waals surface area contributed by atoms with E-state index < -0.39 is 9.84 Å². The molecule has 3 rings (SSSR count). The van der Waals surface area contributed by atoms with E-state index in [1.807, 2.05) is 30.3 Å². The highest BCUT2D eigenvalue weighted by atomic mass is 32.2. The summed E-state index contributed by atoms with van der Waals surface area (Å²) < 4.78 is 29.6. The number of carbonyl (C=O) groups excluding carboxylic acids is 1. The van der Waals surface area contributed by atoms with Crippen molar-refractivity contribution in [2.24, 2.45) is 0 Å². The molecule has 0 aliphatic carbocycles. The predicted molar refractivity (Wildman–Crippen MR) is 90.6 cm³/mol. The van der Waals surface area contributed by atoms with E-state index >= 15 is 0 Å². The first kappa shape index (κ1) is 16.7. The van der Waals surface area contributed by atoms with Crippen molar-refractivity contribution < 1.29 is 17.9 Å². The van der Waals surface area contributed by atoms with Crippen LogP contribution < -0.4 is 0 Å². The van der Waals surface area contributed by atoms with Gasteiger partial charge < -0.3 is 9.64 Å². The van der Waals surface area contributed by atoms with Crippen LogP contribution in [0.3, 0.4) is 0 Å². The van der Waals surface area contributed by atoms with Crippen LogP contribution in [0.1, 0.15) is 22.0 Å². The number of sulfone groups is 1. The van der Waals surface area contributed by atoms with Crippen LogP contribution in [-0.4, -0.2) is 45.2 Å². The summed E-state index contributed by atoms with van der Waals surface area (Å²) in [6.07, 6.45) is 0.917. The monoisotopic (exact) mass is 345 g/mol. The molecule has 0 bridgehead atoms. The zero-order valence-electron chi connectivity index (χ0n) is 13.4. The molecule has 1 amide bonds. The third-order valence-corrected chi connectivity index (χ3v) is 5.20. The zero-order chi connectivity index (χ0) is 17.2. The molecule has 1 fully saturated rings. The van der Waals surface area contributed by atoms with E-state index in [1.165, 1.54) is 6.07 Å². The summed E-state index contributed by atoms with van der Waals surface area (Å²) in [4.78, 5) is 14.6. The number of morpholine rings is 1. The number of benzene rings is 2. The molecule has 1 aliphatic rings. The van der Waals surface area contributed by atoms with Crippen molar-refractivity contribution in [1.29, 1.82) is 0 Å². The van der Waals surface area contributed by atoms with Crippen molar-refractivity contribution in [3.05, 3.63) is 65.7 Å². The van der Waals surface area contributed by atoms with Crippen molar-refractivity contribution in [3.8, 4) is 0 Å². The van der Waals surface area contributed by atoms with Crippen molar-refractivity contribution in [2.75, 3.05) is 26.0 Å². The average molecular weight is 345 g/mol. The Kier molecular flexibility index (Phi) is 4.69. The molecule has 1 unspecified atom stereocenters. The second-order valence-corrected chi connectivity index (χ2v) is 7.77. The van der Waals surface area contributed by atoms with E-state index in [0.29, 0.717) is 19.7 Å². The van der Waals surface area contributed by atoms with E-state index in [9.17, 15) is 13.2 Å². The number of amides is 1. The van der Waals surface area contributed by atoms with Gasteiger partial charge in [-0.1, -0.05) is 42.5 Å². The highest BCUT2D eigenvalue weighted by molar-refractivity contribution is 7.90. The number of ether oxygens (including phenoxy) is 1. The van der Waals surface area contributed by atoms with E-state index in [0.717, 1.165) is 11.8 Å². The Morgan fingerprint density at radius 1 is 1.08 bits per heavy atom. The molecule has 24 heavy (non-hydrogen) atoms. The SMILES string of the molecule is CS(=O)(=O)c1ccccc1C(=O)N1CCOC(c2ccccc2)C1. The lowest BCUT2D eigenvalue weighted by atomic mass is 10.1. The first-order valence-electron chi connectivity index (χ1n) is 7.72. The summed E-state index contributed by atoms with van der Waals surface area (Å²) >= 11 is 0. The summed E-state index contributed by atoms with van der Waals surface area (Å²) in [5.74, 6) is -0.278. The fraction of sp³-hybridized carbons (Fsp3) is 0.278. The van der Waals surface area contributed by atoms with Gasteiger partial charge in [-0.25, -0.2) is 8.42 Å². The third kappa shape index (κ3) is 3.49. The summed E-state index contributed by atoms with van der Waals surface area (Å²) in [6.45, 7) is 1.27. The molecule has 5 nitrogen and oxygen atoms in total. The molecule has 1 heterocycles. The maximum Gasteiger partial charge on any atom is 0.255 e. The number of hydrogen-bond acceptors (Lipinski definition) is 4. The second kappa shape index (κ2) is 6.75. The maximum absolute atomic E-state index is 12.9. The van der Waals surface area contributed by atoms with Crippen molar-refractivity contribution in [2.45, 2.75) is 11.0 Å². The van der Waals surface area contributed by atoms with Gasteiger partial charge in [-0.05, 0) is 17.7 Å². The van der Waals surface area contributed by atoms with Crippen LogP contribution in [0.4, 0.5) is 0 Å². The molecule has 1 aliphatic heterocycles. The van der Waals surface area contributed by atoms with Gasteiger partial charge in [0, 0.05) is 12.8 Å². The Labute approximate surface area is 141 Å². The minimum absolute atomic E-state index is 0.0674. The van der Waals surface area contributed by atoms with Crippen molar-refractivity contribution in [1.82, 2.24) is 4.90 Å². The molecule has 0 radical (unpaired) electrons. The number of rotatable bonds is 3. The topological polar surface area (TPSA) is 63.7 Å². The van der Waals surface area contributed by atoms with Gasteiger partial charge in [-0.2, -0.15) is 0 Å². The molecular weight excluding hydrogens is 326 g/mol. The Balaban J connectivity index is 1.86. The Morgan fingerprint density at radius 3 is 2.46 bits per heavy atom. The summed E-state index contributed by atoms with van der Waals surface area (Å²) in [5.41, 5.74) is 1.22. The summed E-state index contributed by atoms with van der Waals surface area (Å²) in [6, 6.07) is 16.0. The maximum atomic E-state index is 12.9. The van der Waals surface area contributed by atoms with Crippen molar-refractivity contribution in [3.63, 3.8) is 0 Å². The van der Waals surface area contributed by atoms with E-state index in [-0.39, 0.29) is 22.5 Å². The third-order valence-electron chi connectivity index (χ3n) is 4.04. The first-order chi connectivity index (χ1) is 11.5. The zero-order valence-corrected chi connectivity index (χ0v) is 14.2. The number of carbonyl (C=O) groups is 1. The van der Waals surface area contributed by atoms with Crippen LogP contribution in [0.5, 0.6) is 0 Å². The van der Waals surface area contributed by atoms with Crippen LogP contribution in [0.25, 0.3) is 0 Å². The highest BCUT2D eigenvalue weighted by Crippen LogP contribution is 2.24. The molecule has 1 atom stereocenters. The van der Waals surface area contributed by atoms with Crippen LogP contribution >= 0.6 is 0 Å². The normalized spacial score (nSPS) is 18.4. The standard InChI is InChI=1S/C18H19NO4S/c1-24(21,22)17-10-6-5-9-15(17)18(20)19-11-12-23-16(13-19)14-7-3-2-4-8-14/h2-10,16H,11-13H2,1H3. The predicted octanol–water partition coefficient (Wildman–Crippen LogP) is 2.30. The van der Waals surface area contributed by atoms with E-state index in [4.69, 9.17) is 4.74 Å². The summed E-state index contributed by atoms with van der Waals surface area (Å²) in [7, 11) is -3.46. The lowest BCUT2D eigenvalue weighted by molar-refractivity contribution is -0.0229. The van der Waals surface area contributed by atoms with E-state index in [2.05, 4.69) is 0 Å². The van der Waals surface area contributed by atoms with Gasteiger partial charge in [0.15, 0.2) is 9.84 Å². The average Bonchev–Trinajstić information content (AvgIpc) is 2.61.